The Morgan fingerprint density at radius 1 is 1.33 bits per heavy atom. The van der Waals surface area contributed by atoms with Gasteiger partial charge in [-0.05, 0) is 33.1 Å². The smallest absolute Gasteiger partial charge is 0.156 e. The van der Waals surface area contributed by atoms with Gasteiger partial charge in [0, 0.05) is 19.7 Å². The second-order valence-corrected chi connectivity index (χ2v) is 4.33. The third kappa shape index (κ3) is 3.74. The number of hydrogen-bond acceptors (Lipinski definition) is 3. The number of ether oxygens (including phenoxy) is 2. The van der Waals surface area contributed by atoms with E-state index in [0.717, 1.165) is 6.54 Å². The van der Waals surface area contributed by atoms with E-state index >= 15 is 0 Å². The standard InChI is InChI=1S/C12H25NO2/c1-5-12-8-6-7-9-13(12)10(2)15-11(3)14-4/h10-12H,5-9H2,1-4H3. The van der Waals surface area contributed by atoms with Gasteiger partial charge in [0.05, 0.1) is 0 Å². The summed E-state index contributed by atoms with van der Waals surface area (Å²) in [7, 11) is 1.69. The van der Waals surface area contributed by atoms with Crippen molar-refractivity contribution in [1.82, 2.24) is 4.90 Å². The van der Waals surface area contributed by atoms with Crippen molar-refractivity contribution in [1.29, 1.82) is 0 Å². The Morgan fingerprint density at radius 2 is 2.07 bits per heavy atom. The molecule has 0 spiro atoms. The molecule has 0 amide bonds. The predicted molar refractivity (Wildman–Crippen MR) is 61.7 cm³/mol. The van der Waals surface area contributed by atoms with Gasteiger partial charge in [-0.25, -0.2) is 0 Å². The summed E-state index contributed by atoms with van der Waals surface area (Å²) in [5, 5.41) is 0. The molecule has 15 heavy (non-hydrogen) atoms. The third-order valence-electron chi connectivity index (χ3n) is 3.33. The Morgan fingerprint density at radius 3 is 2.67 bits per heavy atom. The second kappa shape index (κ2) is 6.46. The van der Waals surface area contributed by atoms with Crippen molar-refractivity contribution in [2.45, 2.75) is 65.0 Å². The number of rotatable bonds is 5. The summed E-state index contributed by atoms with van der Waals surface area (Å²) in [6.07, 6.45) is 5.25. The molecular formula is C12H25NO2. The number of hydrogen-bond donors (Lipinski definition) is 0. The minimum absolute atomic E-state index is 0.112. The van der Waals surface area contributed by atoms with Crippen LogP contribution in [-0.4, -0.2) is 37.1 Å². The maximum Gasteiger partial charge on any atom is 0.156 e. The van der Waals surface area contributed by atoms with E-state index in [0.29, 0.717) is 6.04 Å². The molecule has 1 aliphatic rings. The Labute approximate surface area is 93.7 Å². The minimum Gasteiger partial charge on any atom is -0.356 e. The van der Waals surface area contributed by atoms with Crippen molar-refractivity contribution in [3.63, 3.8) is 0 Å². The van der Waals surface area contributed by atoms with Crippen molar-refractivity contribution in [2.75, 3.05) is 13.7 Å². The highest BCUT2D eigenvalue weighted by molar-refractivity contribution is 4.76. The van der Waals surface area contributed by atoms with Crippen LogP contribution in [0.1, 0.15) is 46.5 Å². The van der Waals surface area contributed by atoms with E-state index in [9.17, 15) is 0 Å². The molecule has 0 aromatic heterocycles. The molecule has 0 saturated carbocycles. The normalized spacial score (nSPS) is 27.6. The number of nitrogens with zero attached hydrogens (tertiary/aromatic N) is 1. The zero-order valence-electron chi connectivity index (χ0n) is 10.5. The van der Waals surface area contributed by atoms with Gasteiger partial charge in [-0.1, -0.05) is 13.3 Å². The summed E-state index contributed by atoms with van der Waals surface area (Å²) in [5.74, 6) is 0. The fourth-order valence-electron chi connectivity index (χ4n) is 2.35. The van der Waals surface area contributed by atoms with Crippen LogP contribution < -0.4 is 0 Å². The lowest BCUT2D eigenvalue weighted by Crippen LogP contribution is -2.47. The Hall–Kier alpha value is -0.120. The van der Waals surface area contributed by atoms with Crippen LogP contribution in [-0.2, 0) is 9.47 Å². The van der Waals surface area contributed by atoms with E-state index in [4.69, 9.17) is 9.47 Å². The van der Waals surface area contributed by atoms with Gasteiger partial charge in [0.2, 0.25) is 0 Å². The minimum atomic E-state index is -0.112. The maximum absolute atomic E-state index is 5.77. The summed E-state index contributed by atoms with van der Waals surface area (Å²) in [6, 6.07) is 0.692. The molecule has 0 radical (unpaired) electrons. The molecule has 0 aromatic rings. The Kier molecular flexibility index (Phi) is 5.58. The van der Waals surface area contributed by atoms with Gasteiger partial charge in [0.25, 0.3) is 0 Å². The van der Waals surface area contributed by atoms with E-state index in [1.54, 1.807) is 7.11 Å². The van der Waals surface area contributed by atoms with E-state index in [2.05, 4.69) is 18.7 Å². The van der Waals surface area contributed by atoms with E-state index in [1.807, 2.05) is 6.92 Å². The van der Waals surface area contributed by atoms with Gasteiger partial charge in [-0.15, -0.1) is 0 Å². The first-order valence-electron chi connectivity index (χ1n) is 6.13. The molecule has 1 fully saturated rings. The first-order valence-corrected chi connectivity index (χ1v) is 6.13. The number of methoxy groups -OCH3 is 1. The van der Waals surface area contributed by atoms with Crippen LogP contribution in [0.5, 0.6) is 0 Å². The van der Waals surface area contributed by atoms with Crippen molar-refractivity contribution in [2.24, 2.45) is 0 Å². The quantitative estimate of drug-likeness (QED) is 0.658. The fraction of sp³-hybridized carbons (Fsp3) is 1.00. The van der Waals surface area contributed by atoms with Gasteiger partial charge in [0.1, 0.15) is 6.23 Å². The lowest BCUT2D eigenvalue weighted by Gasteiger charge is -2.39. The third-order valence-corrected chi connectivity index (χ3v) is 3.33. The van der Waals surface area contributed by atoms with Crippen LogP contribution in [0, 0.1) is 0 Å². The molecule has 3 unspecified atom stereocenters. The molecule has 0 bridgehead atoms. The number of piperidine rings is 1. The topological polar surface area (TPSA) is 21.7 Å². The monoisotopic (exact) mass is 215 g/mol. The fourth-order valence-corrected chi connectivity index (χ4v) is 2.35. The molecule has 1 aliphatic heterocycles. The molecule has 1 rings (SSSR count). The van der Waals surface area contributed by atoms with Crippen LogP contribution in [0.3, 0.4) is 0 Å². The average Bonchev–Trinajstić information content (AvgIpc) is 2.28. The SMILES string of the molecule is CCC1CCCCN1C(C)OC(C)OC. The molecule has 3 nitrogen and oxygen atoms in total. The molecule has 1 heterocycles. The Balaban J connectivity index is 2.44. The second-order valence-electron chi connectivity index (χ2n) is 4.33. The zero-order chi connectivity index (χ0) is 11.3. The molecule has 0 aromatic carbocycles. The largest absolute Gasteiger partial charge is 0.356 e. The lowest BCUT2D eigenvalue weighted by atomic mass is 10.00. The maximum atomic E-state index is 5.77. The van der Waals surface area contributed by atoms with Gasteiger partial charge in [-0.2, -0.15) is 0 Å². The van der Waals surface area contributed by atoms with Crippen LogP contribution in [0.4, 0.5) is 0 Å². The van der Waals surface area contributed by atoms with Crippen molar-refractivity contribution >= 4 is 0 Å². The first kappa shape index (κ1) is 12.9. The summed E-state index contributed by atoms with van der Waals surface area (Å²) >= 11 is 0. The van der Waals surface area contributed by atoms with Crippen molar-refractivity contribution < 1.29 is 9.47 Å². The van der Waals surface area contributed by atoms with Crippen molar-refractivity contribution in [3.8, 4) is 0 Å². The molecule has 3 atom stereocenters. The van der Waals surface area contributed by atoms with Crippen LogP contribution in [0.2, 0.25) is 0 Å². The molecule has 0 aliphatic carbocycles. The average molecular weight is 215 g/mol. The van der Waals surface area contributed by atoms with Crippen molar-refractivity contribution in [3.05, 3.63) is 0 Å². The highest BCUT2D eigenvalue weighted by atomic mass is 16.7. The lowest BCUT2D eigenvalue weighted by molar-refractivity contribution is -0.191. The van der Waals surface area contributed by atoms with Crippen LogP contribution >= 0.6 is 0 Å². The molecular weight excluding hydrogens is 190 g/mol. The molecule has 3 heteroatoms. The molecule has 0 N–H and O–H groups in total. The summed E-state index contributed by atoms with van der Waals surface area (Å²) in [4.78, 5) is 2.47. The van der Waals surface area contributed by atoms with Crippen LogP contribution in [0.15, 0.2) is 0 Å². The van der Waals surface area contributed by atoms with Gasteiger partial charge in [0.15, 0.2) is 6.29 Å². The molecule has 1 saturated heterocycles. The summed E-state index contributed by atoms with van der Waals surface area (Å²) in [5.41, 5.74) is 0. The Bertz CT molecular complexity index is 175. The van der Waals surface area contributed by atoms with Gasteiger partial charge in [-0.3, -0.25) is 4.90 Å². The van der Waals surface area contributed by atoms with E-state index < -0.39 is 0 Å². The van der Waals surface area contributed by atoms with E-state index in [1.165, 1.54) is 25.7 Å². The predicted octanol–water partition coefficient (Wildman–Crippen LogP) is 2.61. The summed E-state index contributed by atoms with van der Waals surface area (Å²) < 4.78 is 10.9. The molecule has 90 valence electrons. The van der Waals surface area contributed by atoms with Gasteiger partial charge >= 0.3 is 0 Å². The highest BCUT2D eigenvalue weighted by Gasteiger charge is 2.26. The summed E-state index contributed by atoms with van der Waals surface area (Å²) in [6.45, 7) is 7.50. The number of likely N-dealkylation sites (tertiary alicyclic amines) is 1. The highest BCUT2D eigenvalue weighted by Crippen LogP contribution is 2.22. The van der Waals surface area contributed by atoms with E-state index in [-0.39, 0.29) is 12.5 Å². The first-order chi connectivity index (χ1) is 7.19. The zero-order valence-corrected chi connectivity index (χ0v) is 10.5. The van der Waals surface area contributed by atoms with Gasteiger partial charge < -0.3 is 9.47 Å². The van der Waals surface area contributed by atoms with Crippen LogP contribution in [0.25, 0.3) is 0 Å².